The molecule has 6 rings (SSSR count). The molecule has 2 aliphatic carbocycles. The monoisotopic (exact) mass is 658 g/mol. The molecule has 4 unspecified atom stereocenters. The molecule has 262 valence electrons. The Labute approximate surface area is 288 Å². The third-order valence-corrected chi connectivity index (χ3v) is 11.8. The first-order chi connectivity index (χ1) is 22.9. The van der Waals surface area contributed by atoms with Crippen molar-refractivity contribution in [2.45, 2.75) is 129 Å². The first-order valence-corrected chi connectivity index (χ1v) is 18.7. The summed E-state index contributed by atoms with van der Waals surface area (Å²) < 4.78 is 14.8. The minimum atomic E-state index is -0.685. The number of piperidine rings is 1. The number of halogens is 1. The van der Waals surface area contributed by atoms with Crippen LogP contribution in [0.1, 0.15) is 103 Å². The van der Waals surface area contributed by atoms with E-state index in [2.05, 4.69) is 65.9 Å². The van der Waals surface area contributed by atoms with Crippen LogP contribution in [0.5, 0.6) is 0 Å². The van der Waals surface area contributed by atoms with Gasteiger partial charge in [-0.3, -0.25) is 9.69 Å². The van der Waals surface area contributed by atoms with Gasteiger partial charge < -0.3 is 21.1 Å². The smallest absolute Gasteiger partial charge is 0.237 e. The molecule has 2 heterocycles. The maximum absolute atomic E-state index is 14.8. The van der Waals surface area contributed by atoms with Crippen molar-refractivity contribution in [2.24, 2.45) is 23.7 Å². The van der Waals surface area contributed by atoms with Crippen LogP contribution in [-0.4, -0.2) is 58.8 Å². The zero-order chi connectivity index (χ0) is 34.2. The molecule has 4 N–H and O–H groups in total. The number of likely N-dealkylation sites (tertiary alicyclic amines) is 1. The summed E-state index contributed by atoms with van der Waals surface area (Å²) >= 11 is 0. The highest BCUT2D eigenvalue weighted by molar-refractivity contribution is 5.82. The Morgan fingerprint density at radius 2 is 1.73 bits per heavy atom. The van der Waals surface area contributed by atoms with Gasteiger partial charge in [0.15, 0.2) is 0 Å². The van der Waals surface area contributed by atoms with Gasteiger partial charge in [-0.25, -0.2) is 4.39 Å². The average Bonchev–Trinajstić information content (AvgIpc) is 3.82. The number of hydrogen-bond donors (Lipinski definition) is 4. The molecule has 8 atom stereocenters. The number of aliphatic hydroxyl groups is 1. The number of carbonyl (C=O) groups is 1. The Balaban J connectivity index is 1.29. The molecule has 48 heavy (non-hydrogen) atoms. The number of benzene rings is 2. The second-order valence-electron chi connectivity index (χ2n) is 16.7. The van der Waals surface area contributed by atoms with E-state index in [-0.39, 0.29) is 41.3 Å². The fourth-order valence-electron chi connectivity index (χ4n) is 8.71. The molecule has 0 spiro atoms. The van der Waals surface area contributed by atoms with E-state index in [1.807, 2.05) is 32.9 Å². The number of aliphatic hydroxyl groups excluding tert-OH is 1. The molecular formula is C41H59FN4O2. The SMILES string of the molecule is CC(C)C(C)[C@H](NCc1ccccc1F)/C1=C2/CC2c2ccccc2C[C@@H](C(O)CN2CC3CCCC[C@H]3C[C@H]2C(=O)NC(C)(C)C)N1. The lowest BCUT2D eigenvalue weighted by atomic mass is 9.72. The van der Waals surface area contributed by atoms with Crippen LogP contribution < -0.4 is 16.0 Å². The number of rotatable bonds is 10. The average molecular weight is 659 g/mol. The first kappa shape index (κ1) is 35.1. The van der Waals surface area contributed by atoms with Crippen LogP contribution in [0.2, 0.25) is 0 Å². The molecule has 2 aliphatic heterocycles. The summed E-state index contributed by atoms with van der Waals surface area (Å²) in [5, 5.41) is 23.2. The summed E-state index contributed by atoms with van der Waals surface area (Å²) in [7, 11) is 0. The van der Waals surface area contributed by atoms with E-state index in [4.69, 9.17) is 0 Å². The quantitative estimate of drug-likeness (QED) is 0.229. The molecule has 3 fully saturated rings. The van der Waals surface area contributed by atoms with Crippen molar-refractivity contribution in [3.05, 3.63) is 82.3 Å². The van der Waals surface area contributed by atoms with Gasteiger partial charge in [0.2, 0.25) is 5.91 Å². The normalized spacial score (nSPS) is 29.3. The number of β-amino-alcohol motifs (C(OH)–C–C–N with tert-alkyl or cyclic N) is 1. The molecule has 2 aromatic carbocycles. The van der Waals surface area contributed by atoms with Crippen molar-refractivity contribution in [2.75, 3.05) is 13.1 Å². The standard InChI is InChI=1S/C41H59FN4O2/c1-25(2)26(3)38(43-22-29-15-10-12-18-34(29)42)39-33-21-32(33)31-17-11-9-14-28(31)19-35(44-39)37(47)24-46-23-30-16-8-7-13-27(30)20-36(46)40(48)45-41(4,5)6/h9-12,14-15,17-18,25-27,30,32,35-38,43-44,47H,7-8,13,16,19-24H2,1-6H3,(H,45,48)/b39-33+/t26?,27-,30?,32?,35-,36-,37?,38-/m0/s1. The number of allylic oxidation sites excluding steroid dienone is 1. The van der Waals surface area contributed by atoms with Gasteiger partial charge in [0.25, 0.3) is 0 Å². The molecule has 0 aromatic heterocycles. The molecule has 2 aromatic rings. The van der Waals surface area contributed by atoms with Crippen molar-refractivity contribution >= 4 is 5.91 Å². The van der Waals surface area contributed by atoms with E-state index in [0.717, 1.165) is 19.4 Å². The zero-order valence-corrected chi connectivity index (χ0v) is 30.1. The van der Waals surface area contributed by atoms with E-state index in [9.17, 15) is 14.3 Å². The topological polar surface area (TPSA) is 76.6 Å². The van der Waals surface area contributed by atoms with Crippen molar-refractivity contribution in [1.29, 1.82) is 0 Å². The molecule has 4 aliphatic rings. The van der Waals surface area contributed by atoms with E-state index in [0.29, 0.717) is 48.7 Å². The summed E-state index contributed by atoms with van der Waals surface area (Å²) in [6.07, 6.45) is 6.80. The molecule has 7 heteroatoms. The van der Waals surface area contributed by atoms with Crippen molar-refractivity contribution < 1.29 is 14.3 Å². The summed E-state index contributed by atoms with van der Waals surface area (Å²) in [6.45, 7) is 14.7. The van der Waals surface area contributed by atoms with Crippen LogP contribution in [0, 0.1) is 29.5 Å². The molecule has 0 bridgehead atoms. The van der Waals surface area contributed by atoms with Crippen LogP contribution in [0.25, 0.3) is 0 Å². The van der Waals surface area contributed by atoms with Gasteiger partial charge in [0.1, 0.15) is 5.82 Å². The maximum Gasteiger partial charge on any atom is 0.237 e. The molecule has 2 saturated carbocycles. The van der Waals surface area contributed by atoms with Crippen molar-refractivity contribution in [3.8, 4) is 0 Å². The number of hydrogen-bond acceptors (Lipinski definition) is 5. The van der Waals surface area contributed by atoms with E-state index < -0.39 is 6.10 Å². The van der Waals surface area contributed by atoms with Gasteiger partial charge in [0, 0.05) is 48.4 Å². The number of nitrogens with zero attached hydrogens (tertiary/aromatic N) is 1. The lowest BCUT2D eigenvalue weighted by Gasteiger charge is -2.47. The zero-order valence-electron chi connectivity index (χ0n) is 30.1. The van der Waals surface area contributed by atoms with Gasteiger partial charge in [-0.15, -0.1) is 0 Å². The second kappa shape index (κ2) is 14.6. The number of nitrogens with one attached hydrogen (secondary N) is 3. The van der Waals surface area contributed by atoms with E-state index in [1.54, 1.807) is 6.07 Å². The molecule has 6 nitrogen and oxygen atoms in total. The third kappa shape index (κ3) is 8.00. The van der Waals surface area contributed by atoms with E-state index in [1.165, 1.54) is 54.1 Å². The fourth-order valence-corrected chi connectivity index (χ4v) is 8.71. The predicted molar refractivity (Wildman–Crippen MR) is 192 cm³/mol. The Morgan fingerprint density at radius 1 is 1.02 bits per heavy atom. The second-order valence-corrected chi connectivity index (χ2v) is 16.7. The van der Waals surface area contributed by atoms with E-state index >= 15 is 0 Å². The van der Waals surface area contributed by atoms with Crippen molar-refractivity contribution in [1.82, 2.24) is 20.9 Å². The molecule has 0 radical (unpaired) electrons. The predicted octanol–water partition coefficient (Wildman–Crippen LogP) is 6.69. The highest BCUT2D eigenvalue weighted by Gasteiger charge is 2.44. The Hall–Kier alpha value is -2.74. The Bertz CT molecular complexity index is 1470. The van der Waals surface area contributed by atoms with Gasteiger partial charge in [-0.05, 0) is 92.9 Å². The number of carbonyl (C=O) groups excluding carboxylic acids is 1. The van der Waals surface area contributed by atoms with Gasteiger partial charge in [-0.1, -0.05) is 82.5 Å². The summed E-state index contributed by atoms with van der Waals surface area (Å²) in [5.74, 6) is 2.10. The lowest BCUT2D eigenvalue weighted by molar-refractivity contribution is -0.132. The number of amides is 1. The molecular weight excluding hydrogens is 599 g/mol. The molecule has 1 amide bonds. The largest absolute Gasteiger partial charge is 0.390 e. The van der Waals surface area contributed by atoms with Crippen LogP contribution >= 0.6 is 0 Å². The Morgan fingerprint density at radius 3 is 2.46 bits per heavy atom. The van der Waals surface area contributed by atoms with Crippen LogP contribution in [0.15, 0.2) is 59.8 Å². The third-order valence-electron chi connectivity index (χ3n) is 11.8. The highest BCUT2D eigenvalue weighted by atomic mass is 19.1. The molecule has 1 saturated heterocycles. The Kier molecular flexibility index (Phi) is 10.7. The summed E-state index contributed by atoms with van der Waals surface area (Å²) in [4.78, 5) is 16.1. The van der Waals surface area contributed by atoms with Crippen LogP contribution in [0.3, 0.4) is 0 Å². The minimum Gasteiger partial charge on any atom is -0.390 e. The first-order valence-electron chi connectivity index (χ1n) is 18.7. The van der Waals surface area contributed by atoms with Crippen LogP contribution in [-0.2, 0) is 17.8 Å². The highest BCUT2D eigenvalue weighted by Crippen LogP contribution is 2.52. The van der Waals surface area contributed by atoms with Gasteiger partial charge in [-0.2, -0.15) is 0 Å². The summed E-state index contributed by atoms with van der Waals surface area (Å²) in [5.41, 5.74) is 5.56. The fraction of sp³-hybridized carbons (Fsp3) is 0.634. The van der Waals surface area contributed by atoms with Crippen LogP contribution in [0.4, 0.5) is 4.39 Å². The summed E-state index contributed by atoms with van der Waals surface area (Å²) in [6, 6.07) is 15.2. The maximum atomic E-state index is 14.8. The number of fused-ring (bicyclic) bond motifs is 4. The van der Waals surface area contributed by atoms with Crippen molar-refractivity contribution in [3.63, 3.8) is 0 Å². The lowest BCUT2D eigenvalue weighted by Crippen LogP contribution is -2.60. The minimum absolute atomic E-state index is 0.0205. The van der Waals surface area contributed by atoms with Gasteiger partial charge in [0.05, 0.1) is 18.2 Å². The van der Waals surface area contributed by atoms with Gasteiger partial charge >= 0.3 is 0 Å².